The molecule has 1 heterocycles. The third-order valence-electron chi connectivity index (χ3n) is 2.97. The monoisotopic (exact) mass is 245 g/mol. The van der Waals surface area contributed by atoms with Crippen LogP contribution in [-0.2, 0) is 19.0 Å². The van der Waals surface area contributed by atoms with Gasteiger partial charge in [-0.05, 0) is 31.6 Å². The second-order valence-electron chi connectivity index (χ2n) is 4.43. The normalized spacial score (nSPS) is 18.9. The standard InChI is InChI=1S/C12H23NO4/c1-15-6-2-3-11(13)12(14)17-9-10-4-7-16-8-5-10/h10-11H,2-9,13H2,1H3. The molecule has 1 aliphatic heterocycles. The molecule has 1 unspecified atom stereocenters. The highest BCUT2D eigenvalue weighted by Gasteiger charge is 2.19. The Morgan fingerprint density at radius 3 is 2.82 bits per heavy atom. The number of hydrogen-bond acceptors (Lipinski definition) is 5. The number of rotatable bonds is 7. The van der Waals surface area contributed by atoms with E-state index in [-0.39, 0.29) is 5.97 Å². The van der Waals surface area contributed by atoms with E-state index in [2.05, 4.69) is 0 Å². The largest absolute Gasteiger partial charge is 0.464 e. The molecule has 0 aromatic heterocycles. The molecule has 2 N–H and O–H groups in total. The van der Waals surface area contributed by atoms with Crippen molar-refractivity contribution in [2.24, 2.45) is 11.7 Å². The molecule has 0 saturated carbocycles. The minimum atomic E-state index is -0.523. The zero-order chi connectivity index (χ0) is 12.5. The number of carbonyl (C=O) groups excluding carboxylic acids is 1. The molecule has 1 atom stereocenters. The Labute approximate surface area is 103 Å². The quantitative estimate of drug-likeness (QED) is 0.528. The van der Waals surface area contributed by atoms with Gasteiger partial charge in [0.2, 0.25) is 0 Å². The first-order valence-corrected chi connectivity index (χ1v) is 6.23. The van der Waals surface area contributed by atoms with Gasteiger partial charge >= 0.3 is 5.97 Å². The maximum atomic E-state index is 11.6. The summed E-state index contributed by atoms with van der Waals surface area (Å²) in [6.07, 6.45) is 3.32. The van der Waals surface area contributed by atoms with Crippen LogP contribution in [0.1, 0.15) is 25.7 Å². The van der Waals surface area contributed by atoms with E-state index in [9.17, 15) is 4.79 Å². The molecule has 5 heteroatoms. The molecule has 1 rings (SSSR count). The lowest BCUT2D eigenvalue weighted by atomic mass is 10.0. The van der Waals surface area contributed by atoms with Crippen LogP contribution >= 0.6 is 0 Å². The van der Waals surface area contributed by atoms with Crippen molar-refractivity contribution in [2.45, 2.75) is 31.7 Å². The zero-order valence-electron chi connectivity index (χ0n) is 10.5. The zero-order valence-corrected chi connectivity index (χ0v) is 10.5. The van der Waals surface area contributed by atoms with E-state index in [0.29, 0.717) is 25.6 Å². The van der Waals surface area contributed by atoms with Crippen molar-refractivity contribution in [3.63, 3.8) is 0 Å². The second-order valence-corrected chi connectivity index (χ2v) is 4.43. The fraction of sp³-hybridized carbons (Fsp3) is 0.917. The molecule has 0 radical (unpaired) electrons. The maximum absolute atomic E-state index is 11.6. The third kappa shape index (κ3) is 6.00. The number of nitrogens with two attached hydrogens (primary N) is 1. The molecule has 0 aromatic carbocycles. The van der Waals surface area contributed by atoms with Crippen molar-refractivity contribution in [3.05, 3.63) is 0 Å². The smallest absolute Gasteiger partial charge is 0.322 e. The second kappa shape index (κ2) is 8.44. The summed E-state index contributed by atoms with van der Waals surface area (Å²) >= 11 is 0. The molecule has 0 amide bonds. The summed E-state index contributed by atoms with van der Waals surface area (Å²) in [5.41, 5.74) is 5.72. The molecule has 1 aliphatic rings. The van der Waals surface area contributed by atoms with Gasteiger partial charge in [-0.3, -0.25) is 4.79 Å². The minimum absolute atomic E-state index is 0.299. The summed E-state index contributed by atoms with van der Waals surface area (Å²) in [4.78, 5) is 11.6. The van der Waals surface area contributed by atoms with Crippen LogP contribution in [0.5, 0.6) is 0 Å². The number of esters is 1. The highest BCUT2D eigenvalue weighted by molar-refractivity contribution is 5.75. The van der Waals surface area contributed by atoms with E-state index >= 15 is 0 Å². The molecule has 0 aliphatic carbocycles. The maximum Gasteiger partial charge on any atom is 0.322 e. The SMILES string of the molecule is COCCCC(N)C(=O)OCC1CCOCC1. The predicted octanol–water partition coefficient (Wildman–Crippen LogP) is 0.710. The Morgan fingerprint density at radius 2 is 2.18 bits per heavy atom. The number of hydrogen-bond donors (Lipinski definition) is 1. The molecular weight excluding hydrogens is 222 g/mol. The first kappa shape index (κ1) is 14.4. The van der Waals surface area contributed by atoms with E-state index in [1.807, 2.05) is 0 Å². The van der Waals surface area contributed by atoms with E-state index in [4.69, 9.17) is 19.9 Å². The van der Waals surface area contributed by atoms with Crippen LogP contribution in [0.4, 0.5) is 0 Å². The van der Waals surface area contributed by atoms with Gasteiger partial charge < -0.3 is 19.9 Å². The van der Waals surface area contributed by atoms with Crippen molar-refractivity contribution < 1.29 is 19.0 Å². The van der Waals surface area contributed by atoms with Crippen molar-refractivity contribution in [3.8, 4) is 0 Å². The molecule has 1 fully saturated rings. The van der Waals surface area contributed by atoms with Crippen LogP contribution < -0.4 is 5.73 Å². The minimum Gasteiger partial charge on any atom is -0.464 e. The Hall–Kier alpha value is -0.650. The molecule has 17 heavy (non-hydrogen) atoms. The Morgan fingerprint density at radius 1 is 1.47 bits per heavy atom. The molecule has 1 saturated heterocycles. The van der Waals surface area contributed by atoms with Gasteiger partial charge in [0.1, 0.15) is 6.04 Å². The average Bonchev–Trinajstić information content (AvgIpc) is 2.37. The van der Waals surface area contributed by atoms with Crippen molar-refractivity contribution in [2.75, 3.05) is 33.5 Å². The Kier molecular flexibility index (Phi) is 7.16. The molecular formula is C12H23NO4. The lowest BCUT2D eigenvalue weighted by Crippen LogP contribution is -2.34. The Balaban J connectivity index is 2.10. The van der Waals surface area contributed by atoms with E-state index in [1.165, 1.54) is 0 Å². The molecule has 0 bridgehead atoms. The predicted molar refractivity (Wildman–Crippen MR) is 63.6 cm³/mol. The number of methoxy groups -OCH3 is 1. The fourth-order valence-corrected chi connectivity index (χ4v) is 1.79. The third-order valence-corrected chi connectivity index (χ3v) is 2.97. The summed E-state index contributed by atoms with van der Waals surface area (Å²) in [5.74, 6) is 0.131. The first-order chi connectivity index (χ1) is 8.24. The van der Waals surface area contributed by atoms with Gasteiger partial charge in [0.25, 0.3) is 0 Å². The van der Waals surface area contributed by atoms with Crippen LogP contribution in [0.15, 0.2) is 0 Å². The van der Waals surface area contributed by atoms with Gasteiger partial charge in [-0.25, -0.2) is 0 Å². The van der Waals surface area contributed by atoms with Crippen LogP contribution in [-0.4, -0.2) is 45.5 Å². The van der Waals surface area contributed by atoms with E-state index in [0.717, 1.165) is 32.5 Å². The molecule has 5 nitrogen and oxygen atoms in total. The van der Waals surface area contributed by atoms with Gasteiger partial charge in [0.15, 0.2) is 0 Å². The van der Waals surface area contributed by atoms with Crippen molar-refractivity contribution in [1.82, 2.24) is 0 Å². The number of carbonyl (C=O) groups is 1. The van der Waals surface area contributed by atoms with Gasteiger partial charge in [-0.1, -0.05) is 0 Å². The van der Waals surface area contributed by atoms with Crippen LogP contribution in [0.3, 0.4) is 0 Å². The van der Waals surface area contributed by atoms with Gasteiger partial charge in [0, 0.05) is 26.9 Å². The summed E-state index contributed by atoms with van der Waals surface area (Å²) in [7, 11) is 1.63. The molecule has 0 spiro atoms. The first-order valence-electron chi connectivity index (χ1n) is 6.23. The van der Waals surface area contributed by atoms with Crippen molar-refractivity contribution >= 4 is 5.97 Å². The fourth-order valence-electron chi connectivity index (χ4n) is 1.79. The number of ether oxygens (including phenoxy) is 3. The lowest BCUT2D eigenvalue weighted by molar-refractivity contribution is -0.147. The molecule has 100 valence electrons. The van der Waals surface area contributed by atoms with Gasteiger partial charge in [-0.15, -0.1) is 0 Å². The van der Waals surface area contributed by atoms with Gasteiger partial charge in [0.05, 0.1) is 6.61 Å². The highest BCUT2D eigenvalue weighted by atomic mass is 16.5. The highest BCUT2D eigenvalue weighted by Crippen LogP contribution is 2.15. The van der Waals surface area contributed by atoms with Crippen LogP contribution in [0, 0.1) is 5.92 Å². The van der Waals surface area contributed by atoms with Crippen LogP contribution in [0.2, 0.25) is 0 Å². The summed E-state index contributed by atoms with van der Waals surface area (Å²) in [6.45, 7) is 2.63. The van der Waals surface area contributed by atoms with Crippen molar-refractivity contribution in [1.29, 1.82) is 0 Å². The summed E-state index contributed by atoms with van der Waals surface area (Å²) in [6, 6.07) is -0.523. The summed E-state index contributed by atoms with van der Waals surface area (Å²) < 4.78 is 15.4. The van der Waals surface area contributed by atoms with Crippen LogP contribution in [0.25, 0.3) is 0 Å². The Bertz CT molecular complexity index is 217. The summed E-state index contributed by atoms with van der Waals surface area (Å²) in [5, 5.41) is 0. The van der Waals surface area contributed by atoms with Gasteiger partial charge in [-0.2, -0.15) is 0 Å². The molecule has 0 aromatic rings. The topological polar surface area (TPSA) is 70.8 Å². The lowest BCUT2D eigenvalue weighted by Gasteiger charge is -2.22. The van der Waals surface area contributed by atoms with E-state index < -0.39 is 6.04 Å². The van der Waals surface area contributed by atoms with E-state index in [1.54, 1.807) is 7.11 Å². The average molecular weight is 245 g/mol.